The average Bonchev–Trinajstić information content (AvgIpc) is 3.57. The van der Waals surface area contributed by atoms with Crippen LogP contribution in [0, 0.1) is 124 Å². The smallest absolute Gasteiger partial charge is 0.0227 e. The molecule has 0 aromatic rings. The van der Waals surface area contributed by atoms with Crippen LogP contribution in [0.5, 0.6) is 0 Å². The van der Waals surface area contributed by atoms with Gasteiger partial charge in [0.15, 0.2) is 0 Å². The first-order valence-corrected chi connectivity index (χ1v) is 23.2. The van der Waals surface area contributed by atoms with Crippen molar-refractivity contribution < 1.29 is 0 Å². The first-order valence-electron chi connectivity index (χ1n) is 23.2. The normalized spacial score (nSPS) is 51.2. The van der Waals surface area contributed by atoms with Gasteiger partial charge in [-0.25, -0.2) is 0 Å². The molecule has 0 aliphatic heterocycles. The number of fused-ring (bicyclic) bond motifs is 12. The molecule has 0 saturated heterocycles. The Hall–Kier alpha value is 0. The molecule has 0 aromatic carbocycles. The van der Waals surface area contributed by atoms with Crippen molar-refractivity contribution in [3.05, 3.63) is 0 Å². The van der Waals surface area contributed by atoms with Crippen molar-refractivity contribution in [1.82, 2.24) is 0 Å². The van der Waals surface area contributed by atoms with Gasteiger partial charge in [-0.15, -0.1) is 0 Å². The van der Waals surface area contributed by atoms with E-state index in [1.54, 1.807) is 109 Å². The molecule has 0 heterocycles. The second-order valence-corrected chi connectivity index (χ2v) is 22.0. The Balaban J connectivity index is 1.24. The van der Waals surface area contributed by atoms with Gasteiger partial charge in [-0.05, 0) is 188 Å². The first kappa shape index (κ1) is 35.1. The fourth-order valence-electron chi connectivity index (χ4n) is 18.5. The van der Waals surface area contributed by atoms with E-state index in [1.165, 1.54) is 12.8 Å². The van der Waals surface area contributed by atoms with Gasteiger partial charge in [0, 0.05) is 0 Å². The van der Waals surface area contributed by atoms with E-state index in [0.717, 1.165) is 118 Å². The van der Waals surface area contributed by atoms with Crippen LogP contribution in [0.4, 0.5) is 0 Å². The molecule has 17 unspecified atom stereocenters. The Morgan fingerprint density at radius 3 is 1.69 bits per heavy atom. The van der Waals surface area contributed by atoms with E-state index < -0.39 is 0 Å². The zero-order chi connectivity index (χ0) is 33.5. The van der Waals surface area contributed by atoms with Gasteiger partial charge in [0.05, 0.1) is 0 Å². The van der Waals surface area contributed by atoms with Crippen molar-refractivity contribution in [2.24, 2.45) is 124 Å². The van der Waals surface area contributed by atoms with Crippen LogP contribution in [0.15, 0.2) is 0 Å². The Bertz CT molecular complexity index is 1060. The Kier molecular flexibility index (Phi) is 10.1. The van der Waals surface area contributed by atoms with Crippen molar-refractivity contribution >= 4 is 0 Å². The van der Waals surface area contributed by atoms with Crippen molar-refractivity contribution in [2.45, 2.75) is 177 Å². The van der Waals surface area contributed by atoms with Gasteiger partial charge in [-0.3, -0.25) is 0 Å². The lowest BCUT2D eigenvalue weighted by atomic mass is 9.46. The maximum atomic E-state index is 2.73. The molecular weight excluding hydrogens is 577 g/mol. The number of hydrogen-bond acceptors (Lipinski definition) is 0. The van der Waals surface area contributed by atoms with Crippen molar-refractivity contribution in [3.63, 3.8) is 0 Å². The van der Waals surface area contributed by atoms with Gasteiger partial charge in [-0.1, -0.05) is 113 Å². The van der Waals surface area contributed by atoms with Crippen LogP contribution in [0.2, 0.25) is 0 Å². The van der Waals surface area contributed by atoms with Crippen LogP contribution in [-0.4, -0.2) is 0 Å². The van der Waals surface area contributed by atoms with E-state index in [2.05, 4.69) is 55.4 Å². The third-order valence-corrected chi connectivity index (χ3v) is 19.7. The molecule has 0 bridgehead atoms. The second kappa shape index (κ2) is 13.8. The standard InChI is InChI=1S/C48H82/c1-9-36(28(3)4)34-21-35(37(10-2)29(5)6)27-48(26-34)45-23-33-17-12-11-16-32(33)22-44(45)46-43-25-41-38-18-14-13-15-31(38)19-20-39(41)42(43)24-40(30(7)8)47(46)48/h28-47H,9-27H2,1-8H3. The van der Waals surface area contributed by atoms with Crippen molar-refractivity contribution in [1.29, 1.82) is 0 Å². The SMILES string of the molecule is CCC(C(C)C)C1CC(C(CC)C(C)C)CC2(C1)C1CC3CCCCC3CC1C1C3CC4C5CCCCC5CCC4C3CC(C(C)C)C12. The molecule has 8 rings (SSSR count). The molecule has 48 heavy (non-hydrogen) atoms. The zero-order valence-corrected chi connectivity index (χ0v) is 33.5. The summed E-state index contributed by atoms with van der Waals surface area (Å²) in [4.78, 5) is 0. The molecule has 274 valence electrons. The molecule has 8 fully saturated rings. The molecule has 0 N–H and O–H groups in total. The summed E-state index contributed by atoms with van der Waals surface area (Å²) in [7, 11) is 0. The predicted molar refractivity (Wildman–Crippen MR) is 205 cm³/mol. The van der Waals surface area contributed by atoms with Gasteiger partial charge < -0.3 is 0 Å². The molecule has 8 aliphatic carbocycles. The lowest BCUT2D eigenvalue weighted by Gasteiger charge is -2.58. The van der Waals surface area contributed by atoms with Gasteiger partial charge in [0.25, 0.3) is 0 Å². The minimum atomic E-state index is 0.650. The Morgan fingerprint density at radius 2 is 1.08 bits per heavy atom. The Morgan fingerprint density at radius 1 is 0.500 bits per heavy atom. The van der Waals surface area contributed by atoms with Gasteiger partial charge in [-0.2, -0.15) is 0 Å². The van der Waals surface area contributed by atoms with Crippen LogP contribution < -0.4 is 0 Å². The highest BCUT2D eigenvalue weighted by Crippen LogP contribution is 2.77. The van der Waals surface area contributed by atoms with E-state index in [0.29, 0.717) is 5.41 Å². The van der Waals surface area contributed by atoms with Crippen LogP contribution in [0.1, 0.15) is 177 Å². The monoisotopic (exact) mass is 659 g/mol. The highest BCUT2D eigenvalue weighted by Gasteiger charge is 2.70. The quantitative estimate of drug-likeness (QED) is 0.255. The summed E-state index contributed by atoms with van der Waals surface area (Å²) in [5.41, 5.74) is 0.650. The van der Waals surface area contributed by atoms with E-state index in [4.69, 9.17) is 0 Å². The zero-order valence-electron chi connectivity index (χ0n) is 33.5. The molecule has 8 saturated carbocycles. The maximum absolute atomic E-state index is 2.73. The third kappa shape index (κ3) is 5.60. The molecule has 0 aromatic heterocycles. The Labute approximate surface area is 300 Å². The molecule has 8 aliphatic rings. The van der Waals surface area contributed by atoms with Crippen LogP contribution in [-0.2, 0) is 0 Å². The molecule has 1 spiro atoms. The summed E-state index contributed by atoms with van der Waals surface area (Å²) in [6.07, 6.45) is 30.2. The molecule has 17 atom stereocenters. The molecule has 0 radical (unpaired) electrons. The first-order chi connectivity index (χ1) is 23.2. The number of rotatable bonds is 7. The fraction of sp³-hybridized carbons (Fsp3) is 1.00. The molecule has 0 amide bonds. The summed E-state index contributed by atoms with van der Waals surface area (Å²) >= 11 is 0. The fourth-order valence-corrected chi connectivity index (χ4v) is 18.5. The van der Waals surface area contributed by atoms with Crippen molar-refractivity contribution in [3.8, 4) is 0 Å². The van der Waals surface area contributed by atoms with Crippen LogP contribution in [0.25, 0.3) is 0 Å². The van der Waals surface area contributed by atoms with Gasteiger partial charge in [0.1, 0.15) is 0 Å². The van der Waals surface area contributed by atoms with Crippen LogP contribution >= 0.6 is 0 Å². The van der Waals surface area contributed by atoms with Crippen LogP contribution in [0.3, 0.4) is 0 Å². The lowest BCUT2D eigenvalue weighted by molar-refractivity contribution is -0.0956. The molecular formula is C48H82. The topological polar surface area (TPSA) is 0 Å². The maximum Gasteiger partial charge on any atom is -0.0227 e. The summed E-state index contributed by atoms with van der Waals surface area (Å²) in [6.45, 7) is 21.1. The molecule has 0 heteroatoms. The highest BCUT2D eigenvalue weighted by atomic mass is 14.7. The highest BCUT2D eigenvalue weighted by molar-refractivity contribution is 5.19. The number of hydrogen-bond donors (Lipinski definition) is 0. The minimum Gasteiger partial charge on any atom is -0.0651 e. The average molecular weight is 659 g/mol. The van der Waals surface area contributed by atoms with Crippen molar-refractivity contribution in [2.75, 3.05) is 0 Å². The summed E-state index contributed by atoms with van der Waals surface area (Å²) in [5, 5.41) is 0. The van der Waals surface area contributed by atoms with E-state index >= 15 is 0 Å². The molecule has 0 nitrogen and oxygen atoms in total. The summed E-state index contributed by atoms with van der Waals surface area (Å²) in [6, 6.07) is 0. The van der Waals surface area contributed by atoms with Gasteiger partial charge >= 0.3 is 0 Å². The summed E-state index contributed by atoms with van der Waals surface area (Å²) < 4.78 is 0. The van der Waals surface area contributed by atoms with Gasteiger partial charge in [0.2, 0.25) is 0 Å². The van der Waals surface area contributed by atoms with E-state index in [-0.39, 0.29) is 0 Å². The minimum absolute atomic E-state index is 0.650. The summed E-state index contributed by atoms with van der Waals surface area (Å²) in [5.74, 6) is 20.5. The largest absolute Gasteiger partial charge is 0.0651 e. The predicted octanol–water partition coefficient (Wildman–Crippen LogP) is 14.0. The van der Waals surface area contributed by atoms with E-state index in [1.807, 2.05) is 0 Å². The second-order valence-electron chi connectivity index (χ2n) is 22.0. The third-order valence-electron chi connectivity index (χ3n) is 19.7. The van der Waals surface area contributed by atoms with E-state index in [9.17, 15) is 0 Å². The lowest BCUT2D eigenvalue weighted by Crippen LogP contribution is -2.51.